The number of halogens is 1. The van der Waals surface area contributed by atoms with Crippen LogP contribution >= 0.6 is 15.9 Å². The summed E-state index contributed by atoms with van der Waals surface area (Å²) in [6.45, 7) is 3.51. The van der Waals surface area contributed by atoms with Crippen LogP contribution in [0.3, 0.4) is 0 Å². The molecule has 0 radical (unpaired) electrons. The number of likely N-dealkylation sites (tertiary alicyclic amines) is 1. The van der Waals surface area contributed by atoms with E-state index in [0.717, 1.165) is 23.3 Å². The Labute approximate surface area is 116 Å². The minimum absolute atomic E-state index is 0.826. The molecule has 3 rings (SSSR count). The maximum Gasteiger partial charge on any atom is 0.0702 e. The lowest BCUT2D eigenvalue weighted by molar-refractivity contribution is 0.321. The predicted molar refractivity (Wildman–Crippen MR) is 78.9 cm³/mol. The van der Waals surface area contributed by atoms with Crippen LogP contribution in [0.1, 0.15) is 12.0 Å². The number of fused-ring (bicyclic) bond motifs is 1. The summed E-state index contributed by atoms with van der Waals surface area (Å²) in [6.07, 6.45) is 3.17. The molecule has 1 unspecified atom stereocenters. The highest BCUT2D eigenvalue weighted by Crippen LogP contribution is 2.21. The fraction of sp³-hybridized carbons (Fsp3) is 0.400. The van der Waals surface area contributed by atoms with Crippen molar-refractivity contribution in [2.45, 2.75) is 13.0 Å². The van der Waals surface area contributed by atoms with Crippen molar-refractivity contribution in [3.63, 3.8) is 0 Å². The average Bonchev–Trinajstić information content (AvgIpc) is 2.86. The summed E-state index contributed by atoms with van der Waals surface area (Å²) in [5.41, 5.74) is 2.48. The Bertz CT molecular complexity index is 541. The second-order valence-electron chi connectivity index (χ2n) is 5.07. The molecule has 0 spiro atoms. The van der Waals surface area contributed by atoms with Gasteiger partial charge < -0.3 is 0 Å². The van der Waals surface area contributed by atoms with E-state index < -0.39 is 0 Å². The van der Waals surface area contributed by atoms with E-state index in [1.54, 1.807) is 0 Å². The minimum Gasteiger partial charge on any atom is -0.299 e. The van der Waals surface area contributed by atoms with E-state index >= 15 is 0 Å². The van der Waals surface area contributed by atoms with Gasteiger partial charge in [-0.1, -0.05) is 28.1 Å². The summed E-state index contributed by atoms with van der Waals surface area (Å²) in [7, 11) is 0. The third-order valence-corrected chi connectivity index (χ3v) is 4.58. The van der Waals surface area contributed by atoms with Crippen LogP contribution in [0.4, 0.5) is 0 Å². The third kappa shape index (κ3) is 2.57. The van der Waals surface area contributed by atoms with Gasteiger partial charge in [0.15, 0.2) is 0 Å². The van der Waals surface area contributed by atoms with Crippen molar-refractivity contribution in [2.75, 3.05) is 18.4 Å². The van der Waals surface area contributed by atoms with Crippen LogP contribution in [0.25, 0.3) is 10.9 Å². The van der Waals surface area contributed by atoms with Crippen LogP contribution in [0, 0.1) is 5.92 Å². The van der Waals surface area contributed by atoms with Crippen LogP contribution < -0.4 is 0 Å². The zero-order valence-electron chi connectivity index (χ0n) is 10.3. The largest absolute Gasteiger partial charge is 0.299 e. The molecule has 1 atom stereocenters. The van der Waals surface area contributed by atoms with Crippen LogP contribution in [-0.4, -0.2) is 28.3 Å². The lowest BCUT2D eigenvalue weighted by atomic mass is 10.1. The van der Waals surface area contributed by atoms with Crippen LogP contribution in [-0.2, 0) is 6.54 Å². The Morgan fingerprint density at radius 1 is 1.33 bits per heavy atom. The van der Waals surface area contributed by atoms with E-state index in [-0.39, 0.29) is 0 Å². The molecule has 1 aliphatic heterocycles. The van der Waals surface area contributed by atoms with Gasteiger partial charge in [0.1, 0.15) is 0 Å². The maximum atomic E-state index is 4.36. The molecule has 2 aromatic rings. The lowest BCUT2D eigenvalue weighted by Crippen LogP contribution is -2.20. The molecular formula is C15H17BrN2. The molecule has 0 N–H and O–H groups in total. The molecule has 1 aliphatic rings. The Kier molecular flexibility index (Phi) is 3.62. The first-order valence-electron chi connectivity index (χ1n) is 6.47. The first kappa shape index (κ1) is 12.1. The molecule has 1 fully saturated rings. The summed E-state index contributed by atoms with van der Waals surface area (Å²) in [5, 5.41) is 2.37. The molecule has 1 aromatic heterocycles. The number of pyridine rings is 1. The molecule has 3 heteroatoms. The summed E-state index contributed by atoms with van der Waals surface area (Å²) >= 11 is 3.59. The minimum atomic E-state index is 0.826. The number of hydrogen-bond donors (Lipinski definition) is 0. The number of alkyl halides is 1. The Balaban J connectivity index is 1.75. The van der Waals surface area contributed by atoms with Crippen LogP contribution in [0.15, 0.2) is 36.5 Å². The molecule has 0 saturated carbocycles. The Hall–Kier alpha value is -0.930. The monoisotopic (exact) mass is 304 g/mol. The molecule has 1 aromatic carbocycles. The van der Waals surface area contributed by atoms with Gasteiger partial charge in [-0.2, -0.15) is 0 Å². The first-order chi connectivity index (χ1) is 8.85. The van der Waals surface area contributed by atoms with Gasteiger partial charge in [-0.25, -0.2) is 0 Å². The third-order valence-electron chi connectivity index (χ3n) is 3.66. The number of hydrogen-bond acceptors (Lipinski definition) is 2. The topological polar surface area (TPSA) is 16.1 Å². The number of benzene rings is 1. The zero-order valence-corrected chi connectivity index (χ0v) is 11.9. The van der Waals surface area contributed by atoms with Gasteiger partial charge in [0.25, 0.3) is 0 Å². The van der Waals surface area contributed by atoms with Gasteiger partial charge in [0.05, 0.1) is 5.52 Å². The summed E-state index contributed by atoms with van der Waals surface area (Å²) in [4.78, 5) is 6.90. The highest BCUT2D eigenvalue weighted by atomic mass is 79.9. The standard InChI is InChI=1S/C15H17BrN2/c16-9-13-5-7-18(11-13)10-12-3-4-15-14(8-12)2-1-6-17-15/h1-4,6,8,13H,5,7,9-11H2. The molecule has 0 bridgehead atoms. The second-order valence-corrected chi connectivity index (χ2v) is 5.72. The summed E-state index contributed by atoms with van der Waals surface area (Å²) < 4.78 is 0. The van der Waals surface area contributed by atoms with Crippen LogP contribution in [0.5, 0.6) is 0 Å². The van der Waals surface area contributed by atoms with E-state index in [1.807, 2.05) is 12.3 Å². The average molecular weight is 305 g/mol. The van der Waals surface area contributed by atoms with E-state index in [9.17, 15) is 0 Å². The predicted octanol–water partition coefficient (Wildman–Crippen LogP) is 3.45. The molecule has 0 amide bonds. The smallest absolute Gasteiger partial charge is 0.0702 e. The zero-order chi connectivity index (χ0) is 12.4. The quantitative estimate of drug-likeness (QED) is 0.808. The molecule has 2 nitrogen and oxygen atoms in total. The summed E-state index contributed by atoms with van der Waals surface area (Å²) in [6, 6.07) is 10.7. The van der Waals surface area contributed by atoms with Crippen molar-refractivity contribution in [2.24, 2.45) is 5.92 Å². The summed E-state index contributed by atoms with van der Waals surface area (Å²) in [5.74, 6) is 0.826. The van der Waals surface area contributed by atoms with Gasteiger partial charge >= 0.3 is 0 Å². The molecule has 94 valence electrons. The number of aromatic nitrogens is 1. The van der Waals surface area contributed by atoms with Crippen molar-refractivity contribution in [3.8, 4) is 0 Å². The Morgan fingerprint density at radius 2 is 2.28 bits per heavy atom. The van der Waals surface area contributed by atoms with Gasteiger partial charge in [-0.15, -0.1) is 0 Å². The van der Waals surface area contributed by atoms with Crippen molar-refractivity contribution in [1.29, 1.82) is 0 Å². The SMILES string of the molecule is BrCC1CCN(Cc2ccc3ncccc3c2)C1. The normalized spacial score (nSPS) is 20.6. The maximum absolute atomic E-state index is 4.36. The highest BCUT2D eigenvalue weighted by Gasteiger charge is 2.21. The van der Waals surface area contributed by atoms with Crippen LogP contribution in [0.2, 0.25) is 0 Å². The molecular weight excluding hydrogens is 288 g/mol. The van der Waals surface area contributed by atoms with Gasteiger partial charge in [-0.3, -0.25) is 9.88 Å². The number of rotatable bonds is 3. The fourth-order valence-corrected chi connectivity index (χ4v) is 3.19. The molecule has 2 heterocycles. The van der Waals surface area contributed by atoms with Crippen molar-refractivity contribution >= 4 is 26.8 Å². The van der Waals surface area contributed by atoms with Crippen molar-refractivity contribution < 1.29 is 0 Å². The van der Waals surface area contributed by atoms with Gasteiger partial charge in [0.2, 0.25) is 0 Å². The number of nitrogens with zero attached hydrogens (tertiary/aromatic N) is 2. The first-order valence-corrected chi connectivity index (χ1v) is 7.59. The van der Waals surface area contributed by atoms with Crippen molar-refractivity contribution in [1.82, 2.24) is 9.88 Å². The second kappa shape index (κ2) is 5.37. The van der Waals surface area contributed by atoms with E-state index in [4.69, 9.17) is 0 Å². The van der Waals surface area contributed by atoms with Gasteiger partial charge in [-0.05, 0) is 42.6 Å². The highest BCUT2D eigenvalue weighted by molar-refractivity contribution is 9.09. The molecule has 0 aliphatic carbocycles. The van der Waals surface area contributed by atoms with E-state index in [2.05, 4.69) is 50.1 Å². The van der Waals surface area contributed by atoms with E-state index in [1.165, 1.54) is 30.5 Å². The fourth-order valence-electron chi connectivity index (χ4n) is 2.66. The molecule has 18 heavy (non-hydrogen) atoms. The Morgan fingerprint density at radius 3 is 3.11 bits per heavy atom. The molecule has 1 saturated heterocycles. The lowest BCUT2D eigenvalue weighted by Gasteiger charge is -2.15. The van der Waals surface area contributed by atoms with E-state index in [0.29, 0.717) is 0 Å². The van der Waals surface area contributed by atoms with Gasteiger partial charge in [0, 0.05) is 30.0 Å². The van der Waals surface area contributed by atoms with Crippen molar-refractivity contribution in [3.05, 3.63) is 42.1 Å².